The van der Waals surface area contributed by atoms with Gasteiger partial charge in [-0.25, -0.2) is 4.79 Å². The second-order valence-electron chi connectivity index (χ2n) is 5.39. The number of nitro groups is 1. The smallest absolute Gasteiger partial charge is 0.374 e. The van der Waals surface area contributed by atoms with Gasteiger partial charge in [0.1, 0.15) is 5.76 Å². The third kappa shape index (κ3) is 3.78. The summed E-state index contributed by atoms with van der Waals surface area (Å²) in [6.07, 6.45) is 1.91. The summed E-state index contributed by atoms with van der Waals surface area (Å²) in [6.45, 7) is -0.358. The maximum absolute atomic E-state index is 11.9. The standard InChI is InChI=1S/C16H14N2O6/c19-15(17-11-3-4-11)9-23-16(20)14-8-7-13(24-14)10-1-5-12(6-2-10)18(21)22/h1-2,5-8,11H,3-4,9H2,(H,17,19). The molecule has 3 rings (SSSR count). The summed E-state index contributed by atoms with van der Waals surface area (Å²) in [5.41, 5.74) is 0.553. The topological polar surface area (TPSA) is 112 Å². The van der Waals surface area contributed by atoms with Gasteiger partial charge in [0, 0.05) is 23.7 Å². The minimum atomic E-state index is -0.742. The molecule has 1 fully saturated rings. The van der Waals surface area contributed by atoms with E-state index < -0.39 is 10.9 Å². The number of benzene rings is 1. The van der Waals surface area contributed by atoms with Gasteiger partial charge in [-0.3, -0.25) is 14.9 Å². The number of rotatable bonds is 6. The summed E-state index contributed by atoms with van der Waals surface area (Å²) in [5.74, 6) is -0.746. The van der Waals surface area contributed by atoms with Crippen molar-refractivity contribution < 1.29 is 23.7 Å². The zero-order valence-electron chi connectivity index (χ0n) is 12.6. The van der Waals surface area contributed by atoms with Crippen LogP contribution in [0.4, 0.5) is 5.69 Å². The number of nitrogens with zero attached hydrogens (tertiary/aromatic N) is 1. The van der Waals surface area contributed by atoms with E-state index in [-0.39, 0.29) is 30.0 Å². The molecule has 1 aliphatic rings. The molecule has 0 aliphatic heterocycles. The maximum atomic E-state index is 11.9. The highest BCUT2D eigenvalue weighted by Crippen LogP contribution is 2.25. The fraction of sp³-hybridized carbons (Fsp3) is 0.250. The van der Waals surface area contributed by atoms with Crippen molar-refractivity contribution in [3.63, 3.8) is 0 Å². The SMILES string of the molecule is O=C(COC(=O)c1ccc(-c2ccc([N+](=O)[O-])cc2)o1)NC1CC1. The highest BCUT2D eigenvalue weighted by molar-refractivity contribution is 5.89. The molecule has 1 N–H and O–H groups in total. The van der Waals surface area contributed by atoms with Crippen molar-refractivity contribution in [2.75, 3.05) is 6.61 Å². The normalized spacial score (nSPS) is 13.3. The zero-order chi connectivity index (χ0) is 17.1. The maximum Gasteiger partial charge on any atom is 0.374 e. The van der Waals surface area contributed by atoms with E-state index in [1.54, 1.807) is 6.07 Å². The van der Waals surface area contributed by atoms with E-state index in [1.807, 2.05) is 0 Å². The molecule has 2 aromatic rings. The van der Waals surface area contributed by atoms with Crippen molar-refractivity contribution in [2.24, 2.45) is 0 Å². The van der Waals surface area contributed by atoms with Gasteiger partial charge in [0.25, 0.3) is 11.6 Å². The Hall–Kier alpha value is -3.16. The summed E-state index contributed by atoms with van der Waals surface area (Å²) >= 11 is 0. The van der Waals surface area contributed by atoms with E-state index in [1.165, 1.54) is 30.3 Å². The minimum Gasteiger partial charge on any atom is -0.450 e. The quantitative estimate of drug-likeness (QED) is 0.494. The van der Waals surface area contributed by atoms with Gasteiger partial charge in [0.15, 0.2) is 6.61 Å². The first-order chi connectivity index (χ1) is 11.5. The molecule has 1 saturated carbocycles. The molecule has 24 heavy (non-hydrogen) atoms. The molecule has 124 valence electrons. The number of carbonyl (C=O) groups excluding carboxylic acids is 2. The molecule has 8 heteroatoms. The molecule has 0 bridgehead atoms. The van der Waals surface area contributed by atoms with Crippen LogP contribution < -0.4 is 5.32 Å². The number of furan rings is 1. The van der Waals surface area contributed by atoms with Crippen molar-refractivity contribution in [2.45, 2.75) is 18.9 Å². The lowest BCUT2D eigenvalue weighted by atomic mass is 10.1. The summed E-state index contributed by atoms with van der Waals surface area (Å²) in [7, 11) is 0. The predicted octanol–water partition coefficient (Wildman–Crippen LogP) is 2.29. The average molecular weight is 330 g/mol. The molecule has 8 nitrogen and oxygen atoms in total. The van der Waals surface area contributed by atoms with Gasteiger partial charge < -0.3 is 14.5 Å². The fourth-order valence-corrected chi connectivity index (χ4v) is 2.05. The number of nitrogens with one attached hydrogen (secondary N) is 1. The third-order valence-electron chi connectivity index (χ3n) is 3.45. The lowest BCUT2D eigenvalue weighted by molar-refractivity contribution is -0.384. The van der Waals surface area contributed by atoms with E-state index in [2.05, 4.69) is 5.32 Å². The number of non-ortho nitro benzene ring substituents is 1. The van der Waals surface area contributed by atoms with E-state index in [0.717, 1.165) is 12.8 Å². The van der Waals surface area contributed by atoms with Crippen LogP contribution in [0, 0.1) is 10.1 Å². The number of hydrogen-bond acceptors (Lipinski definition) is 6. The number of hydrogen-bond donors (Lipinski definition) is 1. The van der Waals surface area contributed by atoms with Crippen LogP contribution in [-0.2, 0) is 9.53 Å². The van der Waals surface area contributed by atoms with Gasteiger partial charge in [0.2, 0.25) is 5.76 Å². The van der Waals surface area contributed by atoms with Gasteiger partial charge in [-0.2, -0.15) is 0 Å². The highest BCUT2D eigenvalue weighted by atomic mass is 16.6. The average Bonchev–Trinajstić information content (AvgIpc) is 3.24. The van der Waals surface area contributed by atoms with Gasteiger partial charge >= 0.3 is 5.97 Å². The Morgan fingerprint density at radius 3 is 2.54 bits per heavy atom. The second kappa shape index (κ2) is 6.53. The third-order valence-corrected chi connectivity index (χ3v) is 3.45. The lowest BCUT2D eigenvalue weighted by Crippen LogP contribution is -2.30. The molecular weight excluding hydrogens is 316 g/mol. The Bertz CT molecular complexity index is 776. The van der Waals surface area contributed by atoms with E-state index in [4.69, 9.17) is 9.15 Å². The number of carbonyl (C=O) groups is 2. The molecule has 0 spiro atoms. The van der Waals surface area contributed by atoms with Crippen LogP contribution in [0.5, 0.6) is 0 Å². The van der Waals surface area contributed by atoms with Gasteiger partial charge in [0.05, 0.1) is 4.92 Å². The summed E-state index contributed by atoms with van der Waals surface area (Å²) in [4.78, 5) is 33.5. The van der Waals surface area contributed by atoms with Gasteiger partial charge in [-0.1, -0.05) is 0 Å². The Morgan fingerprint density at radius 2 is 1.92 bits per heavy atom. The highest BCUT2D eigenvalue weighted by Gasteiger charge is 2.24. The molecule has 0 unspecified atom stereocenters. The van der Waals surface area contributed by atoms with Crippen LogP contribution >= 0.6 is 0 Å². The van der Waals surface area contributed by atoms with Crippen molar-refractivity contribution in [3.8, 4) is 11.3 Å². The molecular formula is C16H14N2O6. The number of ether oxygens (including phenoxy) is 1. The van der Waals surface area contributed by atoms with Crippen molar-refractivity contribution >= 4 is 17.6 Å². The fourth-order valence-electron chi connectivity index (χ4n) is 2.05. The summed E-state index contributed by atoms with van der Waals surface area (Å²) in [5, 5.41) is 13.3. The Morgan fingerprint density at radius 1 is 1.21 bits per heavy atom. The predicted molar refractivity (Wildman–Crippen MR) is 82.2 cm³/mol. The molecule has 1 heterocycles. The molecule has 1 aliphatic carbocycles. The monoisotopic (exact) mass is 330 g/mol. The molecule has 1 aromatic carbocycles. The van der Waals surface area contributed by atoms with Crippen LogP contribution in [0.3, 0.4) is 0 Å². The number of amides is 1. The molecule has 0 radical (unpaired) electrons. The Kier molecular flexibility index (Phi) is 4.28. The summed E-state index contributed by atoms with van der Waals surface area (Å²) in [6, 6.07) is 8.92. The van der Waals surface area contributed by atoms with Crippen LogP contribution in [0.15, 0.2) is 40.8 Å². The first-order valence-electron chi connectivity index (χ1n) is 7.34. The minimum absolute atomic E-state index is 0.0355. The Balaban J connectivity index is 1.60. The van der Waals surface area contributed by atoms with E-state index in [9.17, 15) is 19.7 Å². The van der Waals surface area contributed by atoms with Crippen molar-refractivity contribution in [1.82, 2.24) is 5.32 Å². The van der Waals surface area contributed by atoms with Crippen molar-refractivity contribution in [3.05, 3.63) is 52.3 Å². The molecule has 1 aromatic heterocycles. The number of nitro benzene ring substituents is 1. The molecule has 0 atom stereocenters. The number of esters is 1. The van der Waals surface area contributed by atoms with Crippen LogP contribution in [0.25, 0.3) is 11.3 Å². The first-order valence-corrected chi connectivity index (χ1v) is 7.34. The van der Waals surface area contributed by atoms with Crippen LogP contribution in [-0.4, -0.2) is 29.4 Å². The van der Waals surface area contributed by atoms with Crippen LogP contribution in [0.1, 0.15) is 23.4 Å². The van der Waals surface area contributed by atoms with E-state index >= 15 is 0 Å². The Labute approximate surface area is 136 Å². The van der Waals surface area contributed by atoms with Gasteiger partial charge in [-0.05, 0) is 37.1 Å². The zero-order valence-corrected chi connectivity index (χ0v) is 12.6. The second-order valence-corrected chi connectivity index (χ2v) is 5.39. The van der Waals surface area contributed by atoms with Crippen LogP contribution in [0.2, 0.25) is 0 Å². The lowest BCUT2D eigenvalue weighted by Gasteiger charge is -2.03. The van der Waals surface area contributed by atoms with E-state index in [0.29, 0.717) is 11.3 Å². The molecule has 1 amide bonds. The largest absolute Gasteiger partial charge is 0.450 e. The van der Waals surface area contributed by atoms with Crippen molar-refractivity contribution in [1.29, 1.82) is 0 Å². The summed E-state index contributed by atoms with van der Waals surface area (Å²) < 4.78 is 10.3. The molecule has 0 saturated heterocycles. The van der Waals surface area contributed by atoms with Gasteiger partial charge in [-0.15, -0.1) is 0 Å². The first kappa shape index (κ1) is 15.7.